The third-order valence-corrected chi connectivity index (χ3v) is 4.53. The molecule has 1 heterocycles. The number of rotatable bonds is 4. The summed E-state index contributed by atoms with van der Waals surface area (Å²) in [7, 11) is 0. The van der Waals surface area contributed by atoms with Gasteiger partial charge in [0.25, 0.3) is 0 Å². The van der Waals surface area contributed by atoms with Crippen LogP contribution in [0.3, 0.4) is 0 Å². The zero-order chi connectivity index (χ0) is 18.5. The molecule has 1 amide bonds. The first-order chi connectivity index (χ1) is 11.8. The fourth-order valence-electron chi connectivity index (χ4n) is 2.86. The van der Waals surface area contributed by atoms with Gasteiger partial charge in [-0.25, -0.2) is 4.79 Å². The number of amides is 1. The largest absolute Gasteiger partial charge is 0.444 e. The highest BCUT2D eigenvalue weighted by atomic mass is 35.5. The van der Waals surface area contributed by atoms with E-state index in [2.05, 4.69) is 5.16 Å². The molecule has 1 fully saturated rings. The van der Waals surface area contributed by atoms with Crippen LogP contribution in [0.4, 0.5) is 4.79 Å². The number of carbonyl (C=O) groups is 1. The summed E-state index contributed by atoms with van der Waals surface area (Å²) in [4.78, 5) is 14.5. The van der Waals surface area contributed by atoms with Crippen LogP contribution < -0.4 is 0 Å². The maximum Gasteiger partial charge on any atom is 0.411 e. The first-order valence-electron chi connectivity index (χ1n) is 8.29. The first kappa shape index (κ1) is 19.5. The predicted molar refractivity (Wildman–Crippen MR) is 96.1 cm³/mol. The quantitative estimate of drug-likeness (QED) is 0.495. The molecule has 0 bridgehead atoms. The van der Waals surface area contributed by atoms with Crippen LogP contribution in [0.5, 0.6) is 0 Å². The fraction of sp³-hybridized carbons (Fsp3) is 0.556. The van der Waals surface area contributed by atoms with E-state index in [1.807, 2.05) is 51.1 Å². The third-order valence-electron chi connectivity index (χ3n) is 4.11. The number of halogens is 1. The van der Waals surface area contributed by atoms with Gasteiger partial charge in [-0.3, -0.25) is 4.90 Å². The number of benzene rings is 1. The van der Waals surface area contributed by atoms with Crippen LogP contribution in [0.25, 0.3) is 0 Å². The second-order valence-corrected chi connectivity index (χ2v) is 7.44. The molecule has 1 saturated heterocycles. The molecule has 7 heteroatoms. The van der Waals surface area contributed by atoms with E-state index in [-0.39, 0.29) is 5.17 Å². The molecule has 0 aromatic heterocycles. The fourth-order valence-corrected chi connectivity index (χ4v) is 3.15. The lowest BCUT2D eigenvalue weighted by molar-refractivity contribution is -0.0243. The van der Waals surface area contributed by atoms with Gasteiger partial charge < -0.3 is 14.7 Å². The minimum atomic E-state index is -0.952. The highest BCUT2D eigenvalue weighted by Crippen LogP contribution is 2.34. The van der Waals surface area contributed by atoms with Crippen molar-refractivity contribution in [3.8, 4) is 0 Å². The van der Waals surface area contributed by atoms with Gasteiger partial charge in [-0.15, -0.1) is 0 Å². The molecule has 1 aliphatic rings. The summed E-state index contributed by atoms with van der Waals surface area (Å²) >= 11 is 6.27. The Morgan fingerprint density at radius 2 is 1.92 bits per heavy atom. The van der Waals surface area contributed by atoms with E-state index in [0.29, 0.717) is 32.6 Å². The standard InChI is InChI=1S/C18H25ClN2O4/c1-17(2,3)25-16(22)21(13-14-7-5-4-6-8-14)18(15(19)20-23)9-11-24-12-10-18/h4-8,23H,9-13H2,1-3H3. The van der Waals surface area contributed by atoms with Crippen molar-refractivity contribution < 1.29 is 19.5 Å². The van der Waals surface area contributed by atoms with Gasteiger partial charge in [0.05, 0.1) is 6.54 Å². The maximum absolute atomic E-state index is 13.0. The van der Waals surface area contributed by atoms with Gasteiger partial charge in [0.1, 0.15) is 11.1 Å². The van der Waals surface area contributed by atoms with Gasteiger partial charge in [-0.1, -0.05) is 47.1 Å². The minimum absolute atomic E-state index is 0.0300. The molecule has 6 nitrogen and oxygen atoms in total. The van der Waals surface area contributed by atoms with Gasteiger partial charge >= 0.3 is 6.09 Å². The highest BCUT2D eigenvalue weighted by molar-refractivity contribution is 6.67. The van der Waals surface area contributed by atoms with Gasteiger partial charge in [0.15, 0.2) is 5.17 Å². The molecule has 0 atom stereocenters. The Balaban J connectivity index is 2.42. The lowest BCUT2D eigenvalue weighted by atomic mass is 9.88. The Morgan fingerprint density at radius 3 is 2.44 bits per heavy atom. The third kappa shape index (κ3) is 4.86. The summed E-state index contributed by atoms with van der Waals surface area (Å²) in [5, 5.41) is 12.5. The Labute approximate surface area is 153 Å². The van der Waals surface area contributed by atoms with Crippen LogP contribution >= 0.6 is 11.6 Å². The second-order valence-electron chi connectivity index (χ2n) is 7.09. The van der Waals surface area contributed by atoms with Crippen LogP contribution in [0, 0.1) is 0 Å². The Bertz CT molecular complexity index is 607. The van der Waals surface area contributed by atoms with E-state index in [0.717, 1.165) is 5.56 Å². The molecule has 2 rings (SSSR count). The number of oxime groups is 1. The summed E-state index contributed by atoms with van der Waals surface area (Å²) < 4.78 is 11.0. The van der Waals surface area contributed by atoms with Crippen molar-refractivity contribution in [1.29, 1.82) is 0 Å². The lowest BCUT2D eigenvalue weighted by Gasteiger charge is -2.44. The molecule has 0 aliphatic carbocycles. The molecule has 138 valence electrons. The summed E-state index contributed by atoms with van der Waals surface area (Å²) in [5.74, 6) is 0. The van der Waals surface area contributed by atoms with Crippen LogP contribution in [0.2, 0.25) is 0 Å². The number of ether oxygens (including phenoxy) is 2. The molecule has 1 aromatic rings. The molecule has 1 N–H and O–H groups in total. The molecule has 1 aromatic carbocycles. The van der Waals surface area contributed by atoms with Gasteiger partial charge in [0.2, 0.25) is 0 Å². The van der Waals surface area contributed by atoms with E-state index in [1.165, 1.54) is 0 Å². The van der Waals surface area contributed by atoms with E-state index in [1.54, 1.807) is 4.90 Å². The van der Waals surface area contributed by atoms with Crippen molar-refractivity contribution in [2.45, 2.75) is 51.3 Å². The van der Waals surface area contributed by atoms with Gasteiger partial charge in [-0.2, -0.15) is 0 Å². The number of hydrogen-bond donors (Lipinski definition) is 1. The topological polar surface area (TPSA) is 71.4 Å². The molecule has 0 unspecified atom stereocenters. The Kier molecular flexibility index (Phi) is 6.30. The van der Waals surface area contributed by atoms with E-state index >= 15 is 0 Å². The van der Waals surface area contributed by atoms with Crippen molar-refractivity contribution in [1.82, 2.24) is 4.90 Å². The predicted octanol–water partition coefficient (Wildman–Crippen LogP) is 4.00. The van der Waals surface area contributed by atoms with Crippen LogP contribution in [0.15, 0.2) is 35.5 Å². The van der Waals surface area contributed by atoms with Gasteiger partial charge in [0, 0.05) is 26.1 Å². The lowest BCUT2D eigenvalue weighted by Crippen LogP contribution is -2.58. The minimum Gasteiger partial charge on any atom is -0.444 e. The monoisotopic (exact) mass is 368 g/mol. The maximum atomic E-state index is 13.0. The smallest absolute Gasteiger partial charge is 0.411 e. The molecule has 1 aliphatic heterocycles. The molecule has 0 spiro atoms. The Hall–Kier alpha value is -1.79. The second kappa shape index (κ2) is 8.06. The Morgan fingerprint density at radius 1 is 1.32 bits per heavy atom. The van der Waals surface area contributed by atoms with Crippen LogP contribution in [-0.2, 0) is 16.0 Å². The van der Waals surface area contributed by atoms with Crippen molar-refractivity contribution >= 4 is 22.9 Å². The number of nitrogens with zero attached hydrogens (tertiary/aromatic N) is 2. The first-order valence-corrected chi connectivity index (χ1v) is 8.67. The van der Waals surface area contributed by atoms with E-state index in [9.17, 15) is 10.0 Å². The van der Waals surface area contributed by atoms with Gasteiger partial charge in [-0.05, 0) is 26.3 Å². The van der Waals surface area contributed by atoms with Crippen LogP contribution in [0.1, 0.15) is 39.2 Å². The molecule has 25 heavy (non-hydrogen) atoms. The van der Waals surface area contributed by atoms with Crippen LogP contribution in [-0.4, -0.2) is 45.7 Å². The normalized spacial score (nSPS) is 17.8. The average molecular weight is 369 g/mol. The molecular formula is C18H25ClN2O4. The van der Waals surface area contributed by atoms with E-state index < -0.39 is 17.2 Å². The summed E-state index contributed by atoms with van der Waals surface area (Å²) in [6.07, 6.45) is 0.365. The molecule has 0 radical (unpaired) electrons. The van der Waals surface area contributed by atoms with Crippen molar-refractivity contribution in [2.75, 3.05) is 13.2 Å². The zero-order valence-electron chi connectivity index (χ0n) is 14.9. The zero-order valence-corrected chi connectivity index (χ0v) is 15.6. The van der Waals surface area contributed by atoms with Crippen molar-refractivity contribution in [3.63, 3.8) is 0 Å². The average Bonchev–Trinajstić information content (AvgIpc) is 2.59. The summed E-state index contributed by atoms with van der Waals surface area (Å²) in [6.45, 7) is 6.55. The molecule has 0 saturated carbocycles. The molecular weight excluding hydrogens is 344 g/mol. The summed E-state index contributed by atoms with van der Waals surface area (Å²) in [5.41, 5.74) is -0.671. The highest BCUT2D eigenvalue weighted by Gasteiger charge is 2.47. The van der Waals surface area contributed by atoms with E-state index in [4.69, 9.17) is 21.1 Å². The SMILES string of the molecule is CC(C)(C)OC(=O)N(Cc1ccccc1)C1(C(Cl)=NO)CCOCC1. The van der Waals surface area contributed by atoms with Crippen molar-refractivity contribution in [2.24, 2.45) is 5.16 Å². The van der Waals surface area contributed by atoms with Crippen molar-refractivity contribution in [3.05, 3.63) is 35.9 Å². The number of hydrogen-bond acceptors (Lipinski definition) is 5. The summed E-state index contributed by atoms with van der Waals surface area (Å²) in [6, 6.07) is 9.57. The number of carbonyl (C=O) groups excluding carboxylic acids is 1.